The summed E-state index contributed by atoms with van der Waals surface area (Å²) in [5, 5.41) is 13.5. The smallest absolute Gasteiger partial charge is 0.251 e. The van der Waals surface area contributed by atoms with Crippen molar-refractivity contribution < 1.29 is 23.0 Å². The molecule has 0 spiro atoms. The first-order valence-corrected chi connectivity index (χ1v) is 12.4. The molecule has 0 unspecified atom stereocenters. The minimum atomic E-state index is -2.69. The number of benzene rings is 1. The van der Waals surface area contributed by atoms with E-state index in [0.29, 0.717) is 35.8 Å². The van der Waals surface area contributed by atoms with Crippen molar-refractivity contribution in [2.75, 3.05) is 36.5 Å². The van der Waals surface area contributed by atoms with Gasteiger partial charge in [-0.05, 0) is 32.4 Å². The summed E-state index contributed by atoms with van der Waals surface area (Å²) in [5.74, 6) is -2.53. The lowest BCUT2D eigenvalue weighted by atomic mass is 10.1. The van der Waals surface area contributed by atoms with E-state index in [4.69, 9.17) is 16.3 Å². The zero-order chi connectivity index (χ0) is 25.6. The molecule has 2 aliphatic rings. The maximum Gasteiger partial charge on any atom is 0.251 e. The van der Waals surface area contributed by atoms with Gasteiger partial charge in [-0.15, -0.1) is 0 Å². The van der Waals surface area contributed by atoms with E-state index in [1.165, 1.54) is 12.3 Å². The molecule has 1 aromatic carbocycles. The Morgan fingerprint density at radius 1 is 1.22 bits per heavy atom. The number of halogens is 4. The minimum absolute atomic E-state index is 0.102. The second kappa shape index (κ2) is 9.68. The summed E-state index contributed by atoms with van der Waals surface area (Å²) in [7, 11) is 0. The highest BCUT2D eigenvalue weighted by Crippen LogP contribution is 2.36. The number of aromatic nitrogens is 4. The Morgan fingerprint density at radius 2 is 1.97 bits per heavy atom. The summed E-state index contributed by atoms with van der Waals surface area (Å²) >= 11 is 6.42. The summed E-state index contributed by atoms with van der Waals surface area (Å²) in [6.07, 6.45) is 0.775. The van der Waals surface area contributed by atoms with Crippen LogP contribution in [0.15, 0.2) is 18.3 Å². The van der Waals surface area contributed by atoms with Crippen molar-refractivity contribution in [3.8, 4) is 11.3 Å². The lowest BCUT2D eigenvalue weighted by Gasteiger charge is -2.33. The number of nitrogens with one attached hydrogen (secondary N) is 1. The van der Waals surface area contributed by atoms with E-state index >= 15 is 4.39 Å². The SMILES string of the molecule is CC(C)n1c(N2CCC(F)(F)CC2)nc2c(F)cc(-c3nc(N[C@H]4CCOC[C@H]4O)ncc3Cl)cc21. The fraction of sp³-hybridized carbons (Fsp3) is 0.542. The molecule has 2 aromatic heterocycles. The number of aliphatic hydroxyl groups is 1. The Kier molecular flexibility index (Phi) is 6.73. The monoisotopic (exact) mass is 524 g/mol. The fourth-order valence-corrected chi connectivity index (χ4v) is 4.94. The number of hydrogen-bond donors (Lipinski definition) is 2. The molecule has 0 saturated carbocycles. The third kappa shape index (κ3) is 4.83. The Labute approximate surface area is 211 Å². The predicted octanol–water partition coefficient (Wildman–Crippen LogP) is 4.66. The van der Waals surface area contributed by atoms with Gasteiger partial charge in [0, 0.05) is 44.1 Å². The molecule has 0 radical (unpaired) electrons. The van der Waals surface area contributed by atoms with E-state index in [1.807, 2.05) is 18.4 Å². The van der Waals surface area contributed by atoms with Crippen molar-refractivity contribution in [1.29, 1.82) is 0 Å². The van der Waals surface area contributed by atoms with Crippen LogP contribution in [0.2, 0.25) is 5.02 Å². The average molecular weight is 525 g/mol. The molecule has 36 heavy (non-hydrogen) atoms. The zero-order valence-corrected chi connectivity index (χ0v) is 20.8. The molecule has 3 aromatic rings. The van der Waals surface area contributed by atoms with Crippen LogP contribution in [-0.4, -0.2) is 69.0 Å². The van der Waals surface area contributed by atoms with E-state index < -0.39 is 17.8 Å². The molecule has 5 rings (SSSR count). The van der Waals surface area contributed by atoms with Crippen LogP contribution in [0, 0.1) is 5.82 Å². The van der Waals surface area contributed by atoms with E-state index in [1.54, 1.807) is 11.0 Å². The minimum Gasteiger partial charge on any atom is -0.389 e. The molecular weight excluding hydrogens is 497 g/mol. The standard InChI is InChI=1S/C24H28ClF3N6O2/c1-13(2)34-18-10-14(9-16(26)21(18)32-23(34)33-6-4-24(27,28)5-7-33)20-15(25)11-29-22(31-20)30-17-3-8-36-12-19(17)35/h9-11,13,17,19,35H,3-8,12H2,1-2H3,(H,29,30,31)/t17-,19+/m0/s1. The second-order valence-corrected chi connectivity index (χ2v) is 10.0. The summed E-state index contributed by atoms with van der Waals surface area (Å²) in [6, 6.07) is 2.69. The summed E-state index contributed by atoms with van der Waals surface area (Å²) in [6.45, 7) is 4.88. The number of piperidine rings is 1. The van der Waals surface area contributed by atoms with Crippen LogP contribution in [0.25, 0.3) is 22.3 Å². The first-order valence-electron chi connectivity index (χ1n) is 12.0. The maximum absolute atomic E-state index is 15.4. The number of rotatable bonds is 5. The lowest BCUT2D eigenvalue weighted by Crippen LogP contribution is -2.42. The van der Waals surface area contributed by atoms with Crippen molar-refractivity contribution in [2.45, 2.75) is 57.2 Å². The van der Waals surface area contributed by atoms with Gasteiger partial charge in [-0.1, -0.05) is 11.6 Å². The molecule has 0 bridgehead atoms. The Hall–Kier alpha value is -2.63. The molecule has 2 atom stereocenters. The van der Waals surface area contributed by atoms with E-state index in [2.05, 4.69) is 20.3 Å². The number of imidazole rings is 1. The highest BCUT2D eigenvalue weighted by Gasteiger charge is 2.36. The predicted molar refractivity (Wildman–Crippen MR) is 131 cm³/mol. The number of ether oxygens (including phenoxy) is 1. The lowest BCUT2D eigenvalue weighted by molar-refractivity contribution is -0.0223. The van der Waals surface area contributed by atoms with Gasteiger partial charge in [-0.25, -0.2) is 28.1 Å². The number of nitrogens with zero attached hydrogens (tertiary/aromatic N) is 5. The zero-order valence-electron chi connectivity index (χ0n) is 20.0. The molecule has 2 fully saturated rings. The maximum atomic E-state index is 15.4. The first kappa shape index (κ1) is 25.0. The molecule has 0 amide bonds. The van der Waals surface area contributed by atoms with Crippen molar-refractivity contribution in [3.63, 3.8) is 0 Å². The topological polar surface area (TPSA) is 88.3 Å². The number of anilines is 2. The van der Waals surface area contributed by atoms with Gasteiger partial charge in [0.2, 0.25) is 11.9 Å². The molecule has 2 N–H and O–H groups in total. The molecular formula is C24H28ClF3N6O2. The highest BCUT2D eigenvalue weighted by molar-refractivity contribution is 6.33. The van der Waals surface area contributed by atoms with Crippen molar-refractivity contribution in [3.05, 3.63) is 29.2 Å². The van der Waals surface area contributed by atoms with Gasteiger partial charge in [0.25, 0.3) is 5.92 Å². The van der Waals surface area contributed by atoms with Gasteiger partial charge >= 0.3 is 0 Å². The van der Waals surface area contributed by atoms with Gasteiger partial charge in [0.15, 0.2) is 5.82 Å². The van der Waals surface area contributed by atoms with Gasteiger partial charge < -0.3 is 24.6 Å². The van der Waals surface area contributed by atoms with Gasteiger partial charge in [-0.2, -0.15) is 0 Å². The Morgan fingerprint density at radius 3 is 2.67 bits per heavy atom. The first-order chi connectivity index (χ1) is 17.1. The number of fused-ring (bicyclic) bond motifs is 1. The van der Waals surface area contributed by atoms with Crippen LogP contribution >= 0.6 is 11.6 Å². The molecule has 2 aliphatic heterocycles. The Bertz CT molecular complexity index is 1260. The normalized spacial score (nSPS) is 22.4. The summed E-state index contributed by atoms with van der Waals surface area (Å²) in [4.78, 5) is 15.0. The van der Waals surface area contributed by atoms with Crippen LogP contribution in [0.4, 0.5) is 25.1 Å². The molecule has 4 heterocycles. The van der Waals surface area contributed by atoms with Crippen LogP contribution in [-0.2, 0) is 4.74 Å². The molecule has 2 saturated heterocycles. The van der Waals surface area contributed by atoms with E-state index in [0.717, 1.165) is 0 Å². The van der Waals surface area contributed by atoms with Crippen LogP contribution < -0.4 is 10.2 Å². The number of alkyl halides is 2. The van der Waals surface area contributed by atoms with Gasteiger partial charge in [-0.3, -0.25) is 0 Å². The highest BCUT2D eigenvalue weighted by atomic mass is 35.5. The molecule has 0 aliphatic carbocycles. The van der Waals surface area contributed by atoms with Crippen molar-refractivity contribution >= 4 is 34.5 Å². The molecule has 194 valence electrons. The molecule has 12 heteroatoms. The largest absolute Gasteiger partial charge is 0.389 e. The van der Waals surface area contributed by atoms with Crippen LogP contribution in [0.5, 0.6) is 0 Å². The Balaban J connectivity index is 1.53. The van der Waals surface area contributed by atoms with Crippen molar-refractivity contribution in [2.24, 2.45) is 0 Å². The van der Waals surface area contributed by atoms with E-state index in [9.17, 15) is 13.9 Å². The van der Waals surface area contributed by atoms with Crippen molar-refractivity contribution in [1.82, 2.24) is 19.5 Å². The van der Waals surface area contributed by atoms with E-state index in [-0.39, 0.29) is 61.1 Å². The van der Waals surface area contributed by atoms with Gasteiger partial charge in [0.1, 0.15) is 5.52 Å². The third-order valence-corrected chi connectivity index (χ3v) is 6.96. The number of hydrogen-bond acceptors (Lipinski definition) is 7. The molecule has 8 nitrogen and oxygen atoms in total. The van der Waals surface area contributed by atoms with Crippen LogP contribution in [0.3, 0.4) is 0 Å². The fourth-order valence-electron chi connectivity index (χ4n) is 4.74. The summed E-state index contributed by atoms with van der Waals surface area (Å²) < 4.78 is 50.0. The number of aliphatic hydroxyl groups excluding tert-OH is 1. The quantitative estimate of drug-likeness (QED) is 0.501. The third-order valence-electron chi connectivity index (χ3n) is 6.68. The van der Waals surface area contributed by atoms with Gasteiger partial charge in [0.05, 0.1) is 41.2 Å². The summed E-state index contributed by atoms with van der Waals surface area (Å²) in [5.41, 5.74) is 1.44. The second-order valence-electron chi connectivity index (χ2n) is 9.62. The average Bonchev–Trinajstić information content (AvgIpc) is 3.22. The van der Waals surface area contributed by atoms with Crippen LogP contribution in [0.1, 0.15) is 39.2 Å².